The molecule has 1 aliphatic heterocycles. The molecule has 20 heavy (non-hydrogen) atoms. The maximum atomic E-state index is 6.18. The first kappa shape index (κ1) is 13.3. The normalized spacial score (nSPS) is 20.2. The SMILES string of the molecule is NC1CCCN(C(c2ccccc2)c2ccccc2)C1. The topological polar surface area (TPSA) is 29.3 Å². The summed E-state index contributed by atoms with van der Waals surface area (Å²) >= 11 is 0. The van der Waals surface area contributed by atoms with Crippen LogP contribution in [0.4, 0.5) is 0 Å². The van der Waals surface area contributed by atoms with E-state index >= 15 is 0 Å². The molecule has 1 fully saturated rings. The molecule has 0 spiro atoms. The zero-order valence-electron chi connectivity index (χ0n) is 11.8. The van der Waals surface area contributed by atoms with Crippen molar-refractivity contribution in [1.29, 1.82) is 0 Å². The maximum absolute atomic E-state index is 6.18. The Kier molecular flexibility index (Phi) is 4.14. The van der Waals surface area contributed by atoms with Crippen LogP contribution in [0.3, 0.4) is 0 Å². The molecule has 2 N–H and O–H groups in total. The molecule has 3 rings (SSSR count). The van der Waals surface area contributed by atoms with E-state index in [1.807, 2.05) is 0 Å². The molecule has 2 heteroatoms. The van der Waals surface area contributed by atoms with Crippen molar-refractivity contribution in [2.45, 2.75) is 24.9 Å². The Morgan fingerprint density at radius 3 is 1.95 bits per heavy atom. The standard InChI is InChI=1S/C18H22N2/c19-17-12-7-13-20(14-17)18(15-8-3-1-4-9-15)16-10-5-2-6-11-16/h1-6,8-11,17-18H,7,12-14,19H2. The van der Waals surface area contributed by atoms with E-state index in [-0.39, 0.29) is 0 Å². The predicted octanol–water partition coefficient (Wildman–Crippen LogP) is 3.20. The molecule has 1 aliphatic rings. The molecule has 104 valence electrons. The van der Waals surface area contributed by atoms with Gasteiger partial charge in [-0.15, -0.1) is 0 Å². The van der Waals surface area contributed by atoms with E-state index in [9.17, 15) is 0 Å². The van der Waals surface area contributed by atoms with Crippen LogP contribution < -0.4 is 5.73 Å². The van der Waals surface area contributed by atoms with E-state index < -0.39 is 0 Å². The van der Waals surface area contributed by atoms with Gasteiger partial charge in [0.05, 0.1) is 6.04 Å². The Bertz CT molecular complexity index is 484. The lowest BCUT2D eigenvalue weighted by molar-refractivity contribution is 0.171. The number of piperidine rings is 1. The minimum Gasteiger partial charge on any atom is -0.327 e. The lowest BCUT2D eigenvalue weighted by Crippen LogP contribution is -2.44. The van der Waals surface area contributed by atoms with Crippen molar-refractivity contribution in [1.82, 2.24) is 4.90 Å². The molecule has 1 unspecified atom stereocenters. The summed E-state index contributed by atoms with van der Waals surface area (Å²) in [5.74, 6) is 0. The van der Waals surface area contributed by atoms with Crippen molar-refractivity contribution in [3.63, 3.8) is 0 Å². The van der Waals surface area contributed by atoms with Gasteiger partial charge in [0.25, 0.3) is 0 Å². The van der Waals surface area contributed by atoms with E-state index in [1.165, 1.54) is 17.5 Å². The first-order chi connectivity index (χ1) is 9.84. The monoisotopic (exact) mass is 266 g/mol. The highest BCUT2D eigenvalue weighted by Gasteiger charge is 2.26. The molecule has 0 amide bonds. The number of nitrogens with zero attached hydrogens (tertiary/aromatic N) is 1. The van der Waals surface area contributed by atoms with E-state index in [0.29, 0.717) is 12.1 Å². The average molecular weight is 266 g/mol. The largest absolute Gasteiger partial charge is 0.327 e. The van der Waals surface area contributed by atoms with Crippen LogP contribution in [0.25, 0.3) is 0 Å². The van der Waals surface area contributed by atoms with Crippen LogP contribution in [0.2, 0.25) is 0 Å². The van der Waals surface area contributed by atoms with Crippen molar-refractivity contribution < 1.29 is 0 Å². The lowest BCUT2D eigenvalue weighted by Gasteiger charge is -2.37. The van der Waals surface area contributed by atoms with Gasteiger partial charge in [-0.05, 0) is 30.5 Å². The average Bonchev–Trinajstić information content (AvgIpc) is 2.50. The van der Waals surface area contributed by atoms with Crippen LogP contribution in [0, 0.1) is 0 Å². The van der Waals surface area contributed by atoms with Gasteiger partial charge < -0.3 is 5.73 Å². The van der Waals surface area contributed by atoms with Crippen molar-refractivity contribution >= 4 is 0 Å². The van der Waals surface area contributed by atoms with Gasteiger partial charge in [-0.25, -0.2) is 0 Å². The molecule has 0 radical (unpaired) electrons. The molecule has 0 saturated carbocycles. The summed E-state index contributed by atoms with van der Waals surface area (Å²) in [6.45, 7) is 2.11. The zero-order valence-corrected chi connectivity index (χ0v) is 11.8. The van der Waals surface area contributed by atoms with Crippen molar-refractivity contribution in [2.75, 3.05) is 13.1 Å². The van der Waals surface area contributed by atoms with Crippen molar-refractivity contribution in [3.8, 4) is 0 Å². The van der Waals surface area contributed by atoms with Crippen LogP contribution in [-0.4, -0.2) is 24.0 Å². The summed E-state index contributed by atoms with van der Waals surface area (Å²) < 4.78 is 0. The summed E-state index contributed by atoms with van der Waals surface area (Å²) in [4.78, 5) is 2.53. The number of hydrogen-bond donors (Lipinski definition) is 1. The summed E-state index contributed by atoms with van der Waals surface area (Å²) in [5, 5.41) is 0. The third-order valence-corrected chi connectivity index (χ3v) is 4.09. The molecular weight excluding hydrogens is 244 g/mol. The smallest absolute Gasteiger partial charge is 0.0602 e. The fourth-order valence-electron chi connectivity index (χ4n) is 3.16. The molecule has 1 atom stereocenters. The molecule has 1 heterocycles. The van der Waals surface area contributed by atoms with Crippen LogP contribution in [0.15, 0.2) is 60.7 Å². The minimum atomic E-state index is 0.304. The highest BCUT2D eigenvalue weighted by molar-refractivity contribution is 5.31. The van der Waals surface area contributed by atoms with Crippen LogP contribution in [0.5, 0.6) is 0 Å². The Labute approximate surface area is 121 Å². The highest BCUT2D eigenvalue weighted by Crippen LogP contribution is 2.30. The summed E-state index contributed by atoms with van der Waals surface area (Å²) in [5.41, 5.74) is 8.89. The first-order valence-corrected chi connectivity index (χ1v) is 7.44. The molecule has 0 aromatic heterocycles. The Morgan fingerprint density at radius 2 is 1.45 bits per heavy atom. The molecule has 2 aromatic carbocycles. The third-order valence-electron chi connectivity index (χ3n) is 4.09. The zero-order chi connectivity index (χ0) is 13.8. The van der Waals surface area contributed by atoms with Gasteiger partial charge in [0.1, 0.15) is 0 Å². The van der Waals surface area contributed by atoms with Gasteiger partial charge in [0.2, 0.25) is 0 Å². The quantitative estimate of drug-likeness (QED) is 0.924. The van der Waals surface area contributed by atoms with Gasteiger partial charge in [0, 0.05) is 12.6 Å². The second kappa shape index (κ2) is 6.21. The summed E-state index contributed by atoms with van der Waals surface area (Å²) in [6.07, 6.45) is 2.34. The number of likely N-dealkylation sites (tertiary alicyclic amines) is 1. The summed E-state index contributed by atoms with van der Waals surface area (Å²) in [7, 11) is 0. The molecule has 0 aliphatic carbocycles. The second-order valence-electron chi connectivity index (χ2n) is 5.62. The number of hydrogen-bond acceptors (Lipinski definition) is 2. The van der Waals surface area contributed by atoms with Crippen molar-refractivity contribution in [2.24, 2.45) is 5.73 Å². The third kappa shape index (κ3) is 2.92. The molecule has 2 nitrogen and oxygen atoms in total. The number of benzene rings is 2. The minimum absolute atomic E-state index is 0.304. The predicted molar refractivity (Wildman–Crippen MR) is 83.5 cm³/mol. The van der Waals surface area contributed by atoms with Crippen LogP contribution >= 0.6 is 0 Å². The van der Waals surface area contributed by atoms with Gasteiger partial charge in [-0.3, -0.25) is 4.90 Å². The lowest BCUT2D eigenvalue weighted by atomic mass is 9.94. The Morgan fingerprint density at radius 1 is 0.900 bits per heavy atom. The fourth-order valence-corrected chi connectivity index (χ4v) is 3.16. The van der Waals surface area contributed by atoms with Gasteiger partial charge in [-0.2, -0.15) is 0 Å². The van der Waals surface area contributed by atoms with Gasteiger partial charge >= 0.3 is 0 Å². The molecule has 2 aromatic rings. The van der Waals surface area contributed by atoms with Gasteiger partial charge in [0.15, 0.2) is 0 Å². The van der Waals surface area contributed by atoms with Gasteiger partial charge in [-0.1, -0.05) is 60.7 Å². The molecule has 0 bridgehead atoms. The van der Waals surface area contributed by atoms with Crippen LogP contribution in [0.1, 0.15) is 30.0 Å². The van der Waals surface area contributed by atoms with E-state index in [4.69, 9.17) is 5.73 Å². The summed E-state index contributed by atoms with van der Waals surface area (Å²) in [6, 6.07) is 22.1. The first-order valence-electron chi connectivity index (χ1n) is 7.44. The maximum Gasteiger partial charge on any atom is 0.0602 e. The number of nitrogens with two attached hydrogens (primary N) is 1. The Hall–Kier alpha value is -1.64. The van der Waals surface area contributed by atoms with E-state index in [1.54, 1.807) is 0 Å². The van der Waals surface area contributed by atoms with Crippen molar-refractivity contribution in [3.05, 3.63) is 71.8 Å². The van der Waals surface area contributed by atoms with Crippen LogP contribution in [-0.2, 0) is 0 Å². The number of rotatable bonds is 3. The Balaban J connectivity index is 1.95. The second-order valence-corrected chi connectivity index (χ2v) is 5.62. The molecular formula is C18H22N2. The molecule has 1 saturated heterocycles. The highest BCUT2D eigenvalue weighted by atomic mass is 15.2. The fraction of sp³-hybridized carbons (Fsp3) is 0.333. The van der Waals surface area contributed by atoms with E-state index in [2.05, 4.69) is 65.6 Å². The van der Waals surface area contributed by atoms with E-state index in [0.717, 1.165) is 19.5 Å².